The van der Waals surface area contributed by atoms with Crippen LogP contribution in [0, 0.1) is 0 Å². The summed E-state index contributed by atoms with van der Waals surface area (Å²) in [6, 6.07) is 13.1. The van der Waals surface area contributed by atoms with Crippen LogP contribution in [0.4, 0.5) is 21.9 Å². The maximum Gasteiger partial charge on any atom is 0.323 e. The molecular formula is C27H37N3O5. The molecule has 35 heavy (non-hydrogen) atoms. The van der Waals surface area contributed by atoms with E-state index >= 15 is 0 Å². The molecule has 1 atom stereocenters. The van der Waals surface area contributed by atoms with Gasteiger partial charge >= 0.3 is 12.0 Å². The maximum absolute atomic E-state index is 13.0. The number of aliphatic carboxylic acids is 1. The Morgan fingerprint density at radius 3 is 2.40 bits per heavy atom. The summed E-state index contributed by atoms with van der Waals surface area (Å²) < 4.78 is 11.0. The topological polar surface area (TPSA) is 100 Å². The van der Waals surface area contributed by atoms with Gasteiger partial charge in [0.2, 0.25) is 0 Å². The van der Waals surface area contributed by atoms with E-state index < -0.39 is 5.97 Å². The van der Waals surface area contributed by atoms with Gasteiger partial charge in [-0.15, -0.1) is 0 Å². The summed E-state index contributed by atoms with van der Waals surface area (Å²) in [6.45, 7) is 8.80. The van der Waals surface area contributed by atoms with Crippen LogP contribution < -0.4 is 20.3 Å². The predicted molar refractivity (Wildman–Crippen MR) is 139 cm³/mol. The number of carbonyl (C=O) groups excluding carboxylic acids is 1. The third-order valence-corrected chi connectivity index (χ3v) is 6.36. The quantitative estimate of drug-likeness (QED) is 0.379. The Labute approximate surface area is 207 Å². The first kappa shape index (κ1) is 26.3. The minimum absolute atomic E-state index is 0.0467. The zero-order valence-electron chi connectivity index (χ0n) is 20.9. The van der Waals surface area contributed by atoms with E-state index in [1.165, 1.54) is 0 Å². The molecule has 2 aromatic carbocycles. The molecule has 190 valence electrons. The number of carboxylic acids is 1. The Morgan fingerprint density at radius 1 is 1.09 bits per heavy atom. The standard InChI is InChI=1S/C27H37N3O5/c1-4-19(18-26(31)32)20-7-12-25(30(5-2)22-13-15-34-16-14-22)24(17-20)29-27(33)28-21-8-10-23(11-9-21)35-6-3/h7-12,17,19,22H,4-6,13-16,18H2,1-3H3,(H,31,32)(H2,28,29,33). The van der Waals surface area contributed by atoms with Gasteiger partial charge < -0.3 is 30.1 Å². The van der Waals surface area contributed by atoms with Crippen molar-refractivity contribution in [1.82, 2.24) is 0 Å². The molecule has 0 saturated carbocycles. The van der Waals surface area contributed by atoms with Gasteiger partial charge in [-0.1, -0.05) is 13.0 Å². The number of carboxylic acid groups (broad SMARTS) is 1. The normalized spacial score (nSPS) is 14.7. The second-order valence-electron chi connectivity index (χ2n) is 8.65. The lowest BCUT2D eigenvalue weighted by atomic mass is 9.92. The smallest absolute Gasteiger partial charge is 0.323 e. The first-order valence-corrected chi connectivity index (χ1v) is 12.5. The van der Waals surface area contributed by atoms with Crippen LogP contribution >= 0.6 is 0 Å². The van der Waals surface area contributed by atoms with Crippen molar-refractivity contribution in [1.29, 1.82) is 0 Å². The Morgan fingerprint density at radius 2 is 1.80 bits per heavy atom. The molecule has 1 saturated heterocycles. The monoisotopic (exact) mass is 483 g/mol. The van der Waals surface area contributed by atoms with Gasteiger partial charge in [0.1, 0.15) is 5.75 Å². The highest BCUT2D eigenvalue weighted by atomic mass is 16.5. The maximum atomic E-state index is 13.0. The predicted octanol–water partition coefficient (Wildman–Crippen LogP) is 5.70. The van der Waals surface area contributed by atoms with E-state index in [4.69, 9.17) is 9.47 Å². The van der Waals surface area contributed by atoms with Crippen molar-refractivity contribution in [3.05, 3.63) is 48.0 Å². The molecule has 2 amide bonds. The first-order valence-electron chi connectivity index (χ1n) is 12.5. The van der Waals surface area contributed by atoms with Gasteiger partial charge in [0, 0.05) is 31.5 Å². The van der Waals surface area contributed by atoms with Gasteiger partial charge in [0.05, 0.1) is 24.4 Å². The molecule has 1 heterocycles. The number of ether oxygens (including phenoxy) is 2. The lowest BCUT2D eigenvalue weighted by molar-refractivity contribution is -0.137. The number of urea groups is 1. The van der Waals surface area contributed by atoms with E-state index in [0.29, 0.717) is 30.4 Å². The molecule has 1 fully saturated rings. The first-order chi connectivity index (χ1) is 16.9. The van der Waals surface area contributed by atoms with E-state index in [1.54, 1.807) is 12.1 Å². The zero-order valence-corrected chi connectivity index (χ0v) is 20.9. The summed E-state index contributed by atoms with van der Waals surface area (Å²) in [5, 5.41) is 15.3. The van der Waals surface area contributed by atoms with Crippen LogP contribution in [0.2, 0.25) is 0 Å². The van der Waals surface area contributed by atoms with Crippen LogP contribution in [0.1, 0.15) is 57.9 Å². The third-order valence-electron chi connectivity index (χ3n) is 6.36. The Balaban J connectivity index is 1.87. The van der Waals surface area contributed by atoms with Crippen LogP contribution in [0.25, 0.3) is 0 Å². The van der Waals surface area contributed by atoms with Crippen LogP contribution in [0.15, 0.2) is 42.5 Å². The summed E-state index contributed by atoms with van der Waals surface area (Å²) in [5.41, 5.74) is 3.15. The highest BCUT2D eigenvalue weighted by molar-refractivity contribution is 6.02. The Bertz CT molecular complexity index is 973. The summed E-state index contributed by atoms with van der Waals surface area (Å²) in [5.74, 6) is -0.219. The number of anilines is 3. The van der Waals surface area contributed by atoms with Gasteiger partial charge in [-0.25, -0.2) is 4.79 Å². The molecular weight excluding hydrogens is 446 g/mol. The van der Waals surface area contributed by atoms with Crippen LogP contribution in [0.5, 0.6) is 5.75 Å². The van der Waals surface area contributed by atoms with Gasteiger partial charge in [0.15, 0.2) is 0 Å². The lowest BCUT2D eigenvalue weighted by Crippen LogP contribution is -2.40. The summed E-state index contributed by atoms with van der Waals surface area (Å²) >= 11 is 0. The number of hydrogen-bond acceptors (Lipinski definition) is 5. The number of benzene rings is 2. The summed E-state index contributed by atoms with van der Waals surface area (Å²) in [6.07, 6.45) is 2.58. The fraction of sp³-hybridized carbons (Fsp3) is 0.481. The molecule has 3 rings (SSSR count). The highest BCUT2D eigenvalue weighted by Crippen LogP contribution is 2.35. The minimum Gasteiger partial charge on any atom is -0.494 e. The molecule has 0 aliphatic carbocycles. The van der Waals surface area contributed by atoms with E-state index in [0.717, 1.165) is 49.6 Å². The molecule has 0 bridgehead atoms. The molecule has 2 aromatic rings. The number of carbonyl (C=O) groups is 2. The summed E-state index contributed by atoms with van der Waals surface area (Å²) in [7, 11) is 0. The molecule has 0 aromatic heterocycles. The van der Waals surface area contributed by atoms with Gasteiger partial charge in [0.25, 0.3) is 0 Å². The SMILES string of the molecule is CCOc1ccc(NC(=O)Nc2cc(C(CC)CC(=O)O)ccc2N(CC)C2CCOCC2)cc1. The average Bonchev–Trinajstić information content (AvgIpc) is 2.85. The van der Waals surface area contributed by atoms with Gasteiger partial charge in [-0.05, 0) is 81.0 Å². The molecule has 1 unspecified atom stereocenters. The third kappa shape index (κ3) is 7.36. The van der Waals surface area contributed by atoms with E-state index in [1.807, 2.05) is 44.2 Å². The van der Waals surface area contributed by atoms with Crippen LogP contribution in [0.3, 0.4) is 0 Å². The number of nitrogens with zero attached hydrogens (tertiary/aromatic N) is 1. The summed E-state index contributed by atoms with van der Waals surface area (Å²) in [4.78, 5) is 26.7. The molecule has 0 radical (unpaired) electrons. The van der Waals surface area contributed by atoms with Crippen molar-refractivity contribution in [3.63, 3.8) is 0 Å². The fourth-order valence-corrected chi connectivity index (χ4v) is 4.57. The van der Waals surface area contributed by atoms with Crippen molar-refractivity contribution in [2.75, 3.05) is 41.9 Å². The average molecular weight is 484 g/mol. The number of rotatable bonds is 11. The van der Waals surface area contributed by atoms with Gasteiger partial charge in [-0.2, -0.15) is 0 Å². The Kier molecular flexibility index (Phi) is 9.78. The van der Waals surface area contributed by atoms with Crippen molar-refractivity contribution in [2.45, 2.75) is 58.4 Å². The molecule has 8 heteroatoms. The zero-order chi connectivity index (χ0) is 25.2. The van der Waals surface area contributed by atoms with E-state index in [2.05, 4.69) is 22.5 Å². The molecule has 1 aliphatic heterocycles. The second-order valence-corrected chi connectivity index (χ2v) is 8.65. The van der Waals surface area contributed by atoms with Crippen molar-refractivity contribution >= 4 is 29.1 Å². The molecule has 0 spiro atoms. The highest BCUT2D eigenvalue weighted by Gasteiger charge is 2.24. The van der Waals surface area contributed by atoms with Crippen LogP contribution in [-0.2, 0) is 9.53 Å². The largest absolute Gasteiger partial charge is 0.494 e. The number of hydrogen-bond donors (Lipinski definition) is 3. The Hall–Kier alpha value is -3.26. The van der Waals surface area contributed by atoms with Crippen molar-refractivity contribution in [3.8, 4) is 5.75 Å². The second kappa shape index (κ2) is 13.0. The molecule has 1 aliphatic rings. The minimum atomic E-state index is -0.832. The number of nitrogens with one attached hydrogen (secondary N) is 2. The van der Waals surface area contributed by atoms with E-state index in [-0.39, 0.29) is 18.4 Å². The number of amides is 2. The van der Waals surface area contributed by atoms with Crippen LogP contribution in [-0.4, -0.2) is 49.5 Å². The molecule has 8 nitrogen and oxygen atoms in total. The fourth-order valence-electron chi connectivity index (χ4n) is 4.57. The van der Waals surface area contributed by atoms with Crippen molar-refractivity contribution in [2.24, 2.45) is 0 Å². The van der Waals surface area contributed by atoms with Gasteiger partial charge in [-0.3, -0.25) is 4.79 Å². The van der Waals surface area contributed by atoms with Crippen molar-refractivity contribution < 1.29 is 24.2 Å². The van der Waals surface area contributed by atoms with E-state index in [9.17, 15) is 14.7 Å². The lowest BCUT2D eigenvalue weighted by Gasteiger charge is -2.36. The molecule has 3 N–H and O–H groups in total.